The number of alkyl halides is 3. The van der Waals surface area contributed by atoms with Crippen LogP contribution in [0.25, 0.3) is 0 Å². The molecule has 0 saturated carbocycles. The number of benzene rings is 2. The van der Waals surface area contributed by atoms with Crippen LogP contribution in [-0.2, 0) is 21.0 Å². The van der Waals surface area contributed by atoms with E-state index in [2.05, 4.69) is 4.74 Å². The number of carbonyl (C=O) groups excluding carboxylic acids is 1. The Morgan fingerprint density at radius 2 is 1.72 bits per heavy atom. The molecule has 0 aromatic heterocycles. The zero-order valence-electron chi connectivity index (χ0n) is 13.1. The first-order valence-corrected chi connectivity index (χ1v) is 8.27. The molecule has 2 aromatic rings. The van der Waals surface area contributed by atoms with E-state index in [1.54, 1.807) is 0 Å². The number of halogens is 3. The maximum Gasteiger partial charge on any atom is 0.416 e. The van der Waals surface area contributed by atoms with Crippen LogP contribution in [-0.4, -0.2) is 21.5 Å². The molecule has 0 aliphatic carbocycles. The van der Waals surface area contributed by atoms with Gasteiger partial charge < -0.3 is 8.92 Å². The zero-order chi connectivity index (χ0) is 18.8. The molecule has 2 aromatic carbocycles. The SMILES string of the molecule is COC(=O)c1ccccc1OS(=O)(=O)c1ccc(C)c(C(F)(F)F)c1. The lowest BCUT2D eigenvalue weighted by molar-refractivity contribution is -0.138. The highest BCUT2D eigenvalue weighted by atomic mass is 32.2. The van der Waals surface area contributed by atoms with Gasteiger partial charge in [-0.25, -0.2) is 4.79 Å². The van der Waals surface area contributed by atoms with Crippen molar-refractivity contribution in [1.29, 1.82) is 0 Å². The number of methoxy groups -OCH3 is 1. The number of rotatable bonds is 4. The summed E-state index contributed by atoms with van der Waals surface area (Å²) in [7, 11) is -3.48. The summed E-state index contributed by atoms with van der Waals surface area (Å²) < 4.78 is 72.9. The summed E-state index contributed by atoms with van der Waals surface area (Å²) in [5.74, 6) is -1.19. The van der Waals surface area contributed by atoms with Crippen LogP contribution < -0.4 is 4.18 Å². The third-order valence-corrected chi connectivity index (χ3v) is 4.53. The van der Waals surface area contributed by atoms with E-state index < -0.39 is 32.7 Å². The number of hydrogen-bond donors (Lipinski definition) is 0. The van der Waals surface area contributed by atoms with Crippen molar-refractivity contribution < 1.29 is 35.3 Å². The fourth-order valence-corrected chi connectivity index (χ4v) is 3.02. The van der Waals surface area contributed by atoms with E-state index in [9.17, 15) is 26.4 Å². The summed E-state index contributed by atoms with van der Waals surface area (Å²) >= 11 is 0. The second kappa shape index (κ2) is 6.75. The molecule has 0 saturated heterocycles. The number of esters is 1. The molecule has 0 N–H and O–H groups in total. The molecule has 134 valence electrons. The number of ether oxygens (including phenoxy) is 1. The van der Waals surface area contributed by atoms with E-state index in [-0.39, 0.29) is 16.9 Å². The molecule has 5 nitrogen and oxygen atoms in total. The standard InChI is InChI=1S/C16H13F3O5S/c1-10-7-8-11(9-13(10)16(17,18)19)25(21,22)24-14-6-4-3-5-12(14)15(20)23-2/h3-9H,1-2H3. The minimum absolute atomic E-state index is 0.124. The average Bonchev–Trinajstić information content (AvgIpc) is 2.53. The minimum Gasteiger partial charge on any atom is -0.465 e. The van der Waals surface area contributed by atoms with Crippen molar-refractivity contribution in [3.63, 3.8) is 0 Å². The molecular weight excluding hydrogens is 361 g/mol. The van der Waals surface area contributed by atoms with Crippen LogP contribution in [0.2, 0.25) is 0 Å². The Labute approximate surface area is 142 Å². The van der Waals surface area contributed by atoms with Gasteiger partial charge in [0, 0.05) is 0 Å². The molecule has 0 atom stereocenters. The highest BCUT2D eigenvalue weighted by molar-refractivity contribution is 7.87. The Hall–Kier alpha value is -2.55. The second-order valence-electron chi connectivity index (χ2n) is 5.00. The summed E-state index contributed by atoms with van der Waals surface area (Å²) in [6.07, 6.45) is -4.71. The van der Waals surface area contributed by atoms with Crippen molar-refractivity contribution in [2.45, 2.75) is 18.0 Å². The molecule has 0 aliphatic heterocycles. The molecule has 25 heavy (non-hydrogen) atoms. The van der Waals surface area contributed by atoms with Gasteiger partial charge in [-0.3, -0.25) is 0 Å². The molecule has 0 heterocycles. The van der Waals surface area contributed by atoms with Crippen LogP contribution in [0.3, 0.4) is 0 Å². The van der Waals surface area contributed by atoms with Gasteiger partial charge in [0.1, 0.15) is 10.5 Å². The van der Waals surface area contributed by atoms with Crippen molar-refractivity contribution in [2.24, 2.45) is 0 Å². The fourth-order valence-electron chi connectivity index (χ4n) is 2.05. The van der Waals surface area contributed by atoms with Gasteiger partial charge in [-0.1, -0.05) is 18.2 Å². The van der Waals surface area contributed by atoms with Gasteiger partial charge in [0.25, 0.3) is 0 Å². The van der Waals surface area contributed by atoms with Crippen molar-refractivity contribution in [1.82, 2.24) is 0 Å². The smallest absolute Gasteiger partial charge is 0.416 e. The average molecular weight is 374 g/mol. The topological polar surface area (TPSA) is 69.7 Å². The first-order valence-electron chi connectivity index (χ1n) is 6.86. The van der Waals surface area contributed by atoms with Crippen molar-refractivity contribution in [3.8, 4) is 5.75 Å². The third-order valence-electron chi connectivity index (χ3n) is 3.29. The van der Waals surface area contributed by atoms with Gasteiger partial charge in [-0.05, 0) is 36.8 Å². The molecule has 0 aliphatic rings. The molecule has 0 unspecified atom stereocenters. The molecule has 0 radical (unpaired) electrons. The minimum atomic E-state index is -4.71. The molecule has 0 spiro atoms. The lowest BCUT2D eigenvalue weighted by Crippen LogP contribution is -2.15. The van der Waals surface area contributed by atoms with E-state index in [1.165, 1.54) is 31.2 Å². The van der Waals surface area contributed by atoms with Gasteiger partial charge in [0.05, 0.1) is 12.7 Å². The number of para-hydroxylation sites is 1. The van der Waals surface area contributed by atoms with E-state index in [1.807, 2.05) is 0 Å². The lowest BCUT2D eigenvalue weighted by Gasteiger charge is -2.13. The van der Waals surface area contributed by atoms with E-state index in [4.69, 9.17) is 4.18 Å². The Balaban J connectivity index is 2.47. The summed E-state index contributed by atoms with van der Waals surface area (Å²) in [6.45, 7) is 1.21. The highest BCUT2D eigenvalue weighted by Gasteiger charge is 2.34. The number of carbonyl (C=O) groups is 1. The molecular formula is C16H13F3O5S. The van der Waals surface area contributed by atoms with Crippen LogP contribution in [0.1, 0.15) is 21.5 Å². The molecule has 0 fully saturated rings. The van der Waals surface area contributed by atoms with Crippen LogP contribution in [0.4, 0.5) is 13.2 Å². The van der Waals surface area contributed by atoms with Crippen LogP contribution in [0.15, 0.2) is 47.4 Å². The summed E-state index contributed by atoms with van der Waals surface area (Å²) in [6, 6.07) is 7.86. The third kappa shape index (κ3) is 4.11. The van der Waals surface area contributed by atoms with Crippen LogP contribution in [0, 0.1) is 6.92 Å². The van der Waals surface area contributed by atoms with E-state index in [0.29, 0.717) is 6.07 Å². The first-order chi connectivity index (χ1) is 11.6. The van der Waals surface area contributed by atoms with Crippen molar-refractivity contribution in [2.75, 3.05) is 7.11 Å². The van der Waals surface area contributed by atoms with Crippen LogP contribution in [0.5, 0.6) is 5.75 Å². The predicted molar refractivity (Wildman–Crippen MR) is 81.8 cm³/mol. The van der Waals surface area contributed by atoms with Crippen molar-refractivity contribution in [3.05, 3.63) is 59.2 Å². The van der Waals surface area contributed by atoms with Gasteiger partial charge in [0.15, 0.2) is 5.75 Å². The maximum absolute atomic E-state index is 13.0. The largest absolute Gasteiger partial charge is 0.465 e. The summed E-state index contributed by atoms with van der Waals surface area (Å²) in [5, 5.41) is 0. The zero-order valence-corrected chi connectivity index (χ0v) is 13.9. The molecule has 0 bridgehead atoms. The van der Waals surface area contributed by atoms with Crippen LogP contribution >= 0.6 is 0 Å². The number of aryl methyl sites for hydroxylation is 1. The Kier molecular flexibility index (Phi) is 5.07. The monoisotopic (exact) mass is 374 g/mol. The normalized spacial score (nSPS) is 11.9. The van der Waals surface area contributed by atoms with Gasteiger partial charge in [-0.15, -0.1) is 0 Å². The molecule has 9 heteroatoms. The molecule has 2 rings (SSSR count). The van der Waals surface area contributed by atoms with E-state index >= 15 is 0 Å². The Morgan fingerprint density at radius 3 is 2.32 bits per heavy atom. The predicted octanol–water partition coefficient (Wildman–Crippen LogP) is 3.57. The number of hydrogen-bond acceptors (Lipinski definition) is 5. The Morgan fingerprint density at radius 1 is 1.08 bits per heavy atom. The summed E-state index contributed by atoms with van der Waals surface area (Å²) in [4.78, 5) is 11.0. The highest BCUT2D eigenvalue weighted by Crippen LogP contribution is 2.34. The van der Waals surface area contributed by atoms with Gasteiger partial charge >= 0.3 is 22.3 Å². The quantitative estimate of drug-likeness (QED) is 0.605. The maximum atomic E-state index is 13.0. The molecule has 0 amide bonds. The van der Waals surface area contributed by atoms with Gasteiger partial charge in [-0.2, -0.15) is 21.6 Å². The summed E-state index contributed by atoms with van der Waals surface area (Å²) in [5.41, 5.74) is -1.38. The fraction of sp³-hybridized carbons (Fsp3) is 0.188. The Bertz CT molecular complexity index is 904. The van der Waals surface area contributed by atoms with Crippen molar-refractivity contribution >= 4 is 16.1 Å². The first kappa shape index (κ1) is 18.8. The lowest BCUT2D eigenvalue weighted by atomic mass is 10.1. The van der Waals surface area contributed by atoms with Gasteiger partial charge in [0.2, 0.25) is 0 Å². The van der Waals surface area contributed by atoms with E-state index in [0.717, 1.165) is 19.2 Å². The second-order valence-corrected chi connectivity index (χ2v) is 6.55.